The number of nitrogens with zero attached hydrogens (tertiary/aromatic N) is 8. The molecule has 6 fully saturated rings. The van der Waals surface area contributed by atoms with Crippen LogP contribution in [0.2, 0.25) is 0 Å². The first-order valence-electron chi connectivity index (χ1n) is 18.2. The van der Waals surface area contributed by atoms with Gasteiger partial charge in [-0.3, -0.25) is 9.80 Å². The largest absolute Gasteiger partial charge is 0.434 e. The number of rotatable bonds is 9. The van der Waals surface area contributed by atoms with Gasteiger partial charge in [0, 0.05) is 75.1 Å². The zero-order chi connectivity index (χ0) is 32.5. The van der Waals surface area contributed by atoms with Gasteiger partial charge in [-0.2, -0.15) is 10.2 Å². The van der Waals surface area contributed by atoms with Crippen molar-refractivity contribution >= 4 is 5.82 Å². The van der Waals surface area contributed by atoms with E-state index in [4.69, 9.17) is 9.47 Å². The third kappa shape index (κ3) is 5.55. The van der Waals surface area contributed by atoms with Crippen molar-refractivity contribution in [3.8, 4) is 22.9 Å². The van der Waals surface area contributed by atoms with Crippen LogP contribution in [0.3, 0.4) is 0 Å². The Balaban J connectivity index is 0.854. The molecule has 9 rings (SSSR count). The van der Waals surface area contributed by atoms with Crippen molar-refractivity contribution in [3.05, 3.63) is 48.2 Å². The standard InChI is InChI=1S/C37H47FN8O2/c1-24(2)33(26-15-28(16-26)45-21-37(22-45)10-3-4-14-47-37)46-19-36(20-46)11-13-44(18-36)34-35(43-41-23-39-34)48-31-8-7-27(38)17-30(31)32-29(25-5-6-25)9-12-40-42-32/h7-9,12,17,23-26,28,33H,3-6,10-11,13-16,18-22H2,1-2H3/t26?,28?,33-/m1/s1. The van der Waals surface area contributed by atoms with Crippen molar-refractivity contribution in [2.24, 2.45) is 17.3 Å². The Morgan fingerprint density at radius 1 is 0.979 bits per heavy atom. The molecule has 2 saturated carbocycles. The van der Waals surface area contributed by atoms with Gasteiger partial charge in [0.2, 0.25) is 0 Å². The highest BCUT2D eigenvalue weighted by Gasteiger charge is 2.55. The van der Waals surface area contributed by atoms with Crippen molar-refractivity contribution in [1.82, 2.24) is 35.2 Å². The highest BCUT2D eigenvalue weighted by Crippen LogP contribution is 2.50. The number of likely N-dealkylation sites (tertiary alicyclic amines) is 2. The van der Waals surface area contributed by atoms with Crippen LogP contribution in [-0.4, -0.2) is 98.7 Å². The molecule has 0 bridgehead atoms. The topological polar surface area (TPSA) is 92.6 Å². The normalized spacial score (nSPS) is 27.1. The predicted molar refractivity (Wildman–Crippen MR) is 179 cm³/mol. The Kier molecular flexibility index (Phi) is 7.66. The monoisotopic (exact) mass is 654 g/mol. The number of aromatic nitrogens is 5. The van der Waals surface area contributed by atoms with Crippen LogP contribution in [0.4, 0.5) is 10.2 Å². The smallest absolute Gasteiger partial charge is 0.282 e. The molecule has 1 atom stereocenters. The second kappa shape index (κ2) is 11.9. The van der Waals surface area contributed by atoms with Crippen LogP contribution in [0.25, 0.3) is 11.3 Å². The van der Waals surface area contributed by atoms with Gasteiger partial charge in [-0.1, -0.05) is 13.8 Å². The van der Waals surface area contributed by atoms with Gasteiger partial charge in [0.15, 0.2) is 5.82 Å². The maximum Gasteiger partial charge on any atom is 0.282 e. The second-order valence-electron chi connectivity index (χ2n) is 16.0. The minimum Gasteiger partial charge on any atom is -0.434 e. The van der Waals surface area contributed by atoms with Gasteiger partial charge < -0.3 is 14.4 Å². The zero-order valence-electron chi connectivity index (χ0n) is 28.2. The predicted octanol–water partition coefficient (Wildman–Crippen LogP) is 5.71. The fourth-order valence-electron chi connectivity index (χ4n) is 9.68. The third-order valence-corrected chi connectivity index (χ3v) is 12.2. The molecule has 2 aliphatic carbocycles. The van der Waals surface area contributed by atoms with Gasteiger partial charge in [-0.25, -0.2) is 9.37 Å². The molecule has 0 N–H and O–H groups in total. The Morgan fingerprint density at radius 3 is 2.60 bits per heavy atom. The van der Waals surface area contributed by atoms with E-state index < -0.39 is 0 Å². The van der Waals surface area contributed by atoms with Gasteiger partial charge >= 0.3 is 0 Å². The average Bonchev–Trinajstić information content (AvgIpc) is 3.80. The lowest BCUT2D eigenvalue weighted by Gasteiger charge is -2.61. The molecule has 0 unspecified atom stereocenters. The minimum absolute atomic E-state index is 0.181. The first-order chi connectivity index (χ1) is 23.4. The molecule has 48 heavy (non-hydrogen) atoms. The van der Waals surface area contributed by atoms with E-state index in [9.17, 15) is 4.39 Å². The van der Waals surface area contributed by atoms with E-state index in [0.29, 0.717) is 46.6 Å². The number of anilines is 1. The fraction of sp³-hybridized carbons (Fsp3) is 0.649. The summed E-state index contributed by atoms with van der Waals surface area (Å²) in [4.78, 5) is 12.4. The van der Waals surface area contributed by atoms with Gasteiger partial charge in [-0.15, -0.1) is 10.2 Å². The van der Waals surface area contributed by atoms with Crippen LogP contribution in [0.5, 0.6) is 11.6 Å². The summed E-state index contributed by atoms with van der Waals surface area (Å²) < 4.78 is 27.2. The quantitative estimate of drug-likeness (QED) is 0.286. The highest BCUT2D eigenvalue weighted by molar-refractivity contribution is 5.71. The molecular weight excluding hydrogens is 607 g/mol. The summed E-state index contributed by atoms with van der Waals surface area (Å²) in [7, 11) is 0. The van der Waals surface area contributed by atoms with Crippen molar-refractivity contribution in [2.45, 2.75) is 88.8 Å². The molecule has 0 amide bonds. The summed E-state index contributed by atoms with van der Waals surface area (Å²) in [6.45, 7) is 12.1. The molecule has 6 aliphatic rings. The molecule has 4 saturated heterocycles. The average molecular weight is 655 g/mol. The summed E-state index contributed by atoms with van der Waals surface area (Å²) in [5, 5.41) is 17.0. The fourth-order valence-corrected chi connectivity index (χ4v) is 9.68. The van der Waals surface area contributed by atoms with Crippen LogP contribution < -0.4 is 9.64 Å². The lowest BCUT2D eigenvalue weighted by Crippen LogP contribution is -2.70. The van der Waals surface area contributed by atoms with E-state index in [-0.39, 0.29) is 16.8 Å². The zero-order valence-corrected chi connectivity index (χ0v) is 28.2. The maximum atomic E-state index is 14.6. The number of hydrogen-bond donors (Lipinski definition) is 0. The Morgan fingerprint density at radius 2 is 1.83 bits per heavy atom. The maximum absolute atomic E-state index is 14.6. The molecular formula is C37H47FN8O2. The highest BCUT2D eigenvalue weighted by atomic mass is 19.1. The second-order valence-corrected chi connectivity index (χ2v) is 16.0. The number of ether oxygens (including phenoxy) is 2. The summed E-state index contributed by atoms with van der Waals surface area (Å²) >= 11 is 0. The summed E-state index contributed by atoms with van der Waals surface area (Å²) in [6.07, 6.45) is 13.0. The molecule has 6 heterocycles. The van der Waals surface area contributed by atoms with Crippen molar-refractivity contribution in [3.63, 3.8) is 0 Å². The van der Waals surface area contributed by atoms with E-state index in [1.165, 1.54) is 50.6 Å². The molecule has 4 aliphatic heterocycles. The SMILES string of the molecule is CC(C)[C@H](C1CC(N2CC3(CCCCO3)C2)C1)N1CC2(CCN(c3ncnnc3Oc3ccc(F)cc3-c3nnccc3C3CC3)C2)C1. The minimum atomic E-state index is -0.349. The lowest BCUT2D eigenvalue weighted by molar-refractivity contribution is -0.192. The van der Waals surface area contributed by atoms with Gasteiger partial charge in [0.05, 0.1) is 5.60 Å². The van der Waals surface area contributed by atoms with Crippen LogP contribution in [-0.2, 0) is 4.74 Å². The summed E-state index contributed by atoms with van der Waals surface area (Å²) in [5.41, 5.74) is 2.74. The molecule has 3 aromatic rings. The van der Waals surface area contributed by atoms with E-state index in [0.717, 1.165) is 82.7 Å². The third-order valence-electron chi connectivity index (χ3n) is 12.2. The number of benzene rings is 1. The Labute approximate surface area is 282 Å². The van der Waals surface area contributed by atoms with Crippen LogP contribution >= 0.6 is 0 Å². The molecule has 2 aromatic heterocycles. The van der Waals surface area contributed by atoms with E-state index in [1.54, 1.807) is 12.3 Å². The Hall–Kier alpha value is -3.28. The molecule has 0 radical (unpaired) electrons. The number of hydrogen-bond acceptors (Lipinski definition) is 10. The first-order valence-corrected chi connectivity index (χ1v) is 18.2. The van der Waals surface area contributed by atoms with Gasteiger partial charge in [0.25, 0.3) is 5.88 Å². The van der Waals surface area contributed by atoms with Gasteiger partial charge in [0.1, 0.15) is 23.6 Å². The molecule has 2 spiro atoms. The van der Waals surface area contributed by atoms with Crippen LogP contribution in [0, 0.1) is 23.1 Å². The molecule has 1 aromatic carbocycles. The summed E-state index contributed by atoms with van der Waals surface area (Å²) in [6, 6.07) is 7.89. The van der Waals surface area contributed by atoms with Crippen molar-refractivity contribution in [2.75, 3.05) is 50.8 Å². The van der Waals surface area contributed by atoms with Crippen LogP contribution in [0.1, 0.15) is 76.7 Å². The van der Waals surface area contributed by atoms with E-state index in [2.05, 4.69) is 53.9 Å². The van der Waals surface area contributed by atoms with E-state index in [1.807, 2.05) is 6.07 Å². The summed E-state index contributed by atoms with van der Waals surface area (Å²) in [5.74, 6) is 2.99. The molecule has 254 valence electrons. The van der Waals surface area contributed by atoms with Gasteiger partial charge in [-0.05, 0) is 98.9 Å². The number of halogens is 1. The van der Waals surface area contributed by atoms with Crippen molar-refractivity contribution in [1.29, 1.82) is 0 Å². The lowest BCUT2D eigenvalue weighted by atomic mass is 9.67. The van der Waals surface area contributed by atoms with E-state index >= 15 is 0 Å². The Bertz CT molecular complexity index is 1640. The molecule has 10 nitrogen and oxygen atoms in total. The van der Waals surface area contributed by atoms with Crippen molar-refractivity contribution < 1.29 is 13.9 Å². The first kappa shape index (κ1) is 30.8. The molecule has 11 heteroatoms. The van der Waals surface area contributed by atoms with Crippen LogP contribution in [0.15, 0.2) is 36.8 Å².